The maximum Gasteiger partial charge on any atom is 0.208 e. The molecular weight excluding hydrogens is 248 g/mol. The molecule has 2 heterocycles. The minimum Gasteiger partial charge on any atom is -0.345 e. The molecule has 1 aromatic heterocycles. The molecule has 98 valence electrons. The predicted molar refractivity (Wildman–Crippen MR) is 73.7 cm³/mol. The number of nitrogens with one attached hydrogen (secondary N) is 1. The fraction of sp³-hybridized carbons (Fsp3) is 0.636. The summed E-state index contributed by atoms with van der Waals surface area (Å²) in [5.74, 6) is 6.41. The Morgan fingerprint density at radius 2 is 2.17 bits per heavy atom. The van der Waals surface area contributed by atoms with Crippen LogP contribution in [0.2, 0.25) is 0 Å². The monoisotopic (exact) mass is 266 g/mol. The topological polar surface area (TPSA) is 69.8 Å². The number of nitrogens with zero attached hydrogens (tertiary/aromatic N) is 4. The Hall–Kier alpha value is -1.34. The van der Waals surface area contributed by atoms with Crippen molar-refractivity contribution in [3.8, 4) is 0 Å². The molecule has 18 heavy (non-hydrogen) atoms. The Morgan fingerprint density at radius 1 is 1.39 bits per heavy atom. The van der Waals surface area contributed by atoms with Gasteiger partial charge in [0.05, 0.1) is 6.04 Å². The van der Waals surface area contributed by atoms with Gasteiger partial charge in [-0.25, -0.2) is 15.8 Å². The van der Waals surface area contributed by atoms with E-state index in [2.05, 4.69) is 25.2 Å². The number of hydrogen-bond donors (Lipinski definition) is 2. The molecule has 0 atom stereocenters. The third-order valence-electron chi connectivity index (χ3n) is 3.25. The van der Waals surface area contributed by atoms with Crippen molar-refractivity contribution in [3.05, 3.63) is 11.6 Å². The van der Waals surface area contributed by atoms with E-state index in [1.54, 1.807) is 11.3 Å². The molecule has 1 aliphatic carbocycles. The van der Waals surface area contributed by atoms with Crippen LogP contribution in [0.25, 0.3) is 0 Å². The molecular formula is C11H18N6S. The molecule has 1 aromatic rings. The largest absolute Gasteiger partial charge is 0.345 e. The maximum atomic E-state index is 5.56. The van der Waals surface area contributed by atoms with Crippen LogP contribution in [0.3, 0.4) is 0 Å². The van der Waals surface area contributed by atoms with Gasteiger partial charge in [0.1, 0.15) is 0 Å². The van der Waals surface area contributed by atoms with Crippen molar-refractivity contribution in [1.82, 2.24) is 15.3 Å². The van der Waals surface area contributed by atoms with Crippen LogP contribution < -0.4 is 16.2 Å². The Balaban J connectivity index is 1.59. The van der Waals surface area contributed by atoms with Crippen molar-refractivity contribution in [2.75, 3.05) is 31.1 Å². The van der Waals surface area contributed by atoms with E-state index in [1.165, 1.54) is 12.8 Å². The van der Waals surface area contributed by atoms with Crippen LogP contribution >= 0.6 is 11.3 Å². The van der Waals surface area contributed by atoms with E-state index >= 15 is 0 Å². The van der Waals surface area contributed by atoms with Gasteiger partial charge in [-0.15, -0.1) is 11.3 Å². The Labute approximate surface area is 110 Å². The first-order valence-corrected chi connectivity index (χ1v) is 7.18. The van der Waals surface area contributed by atoms with Crippen LogP contribution in [0.1, 0.15) is 12.8 Å². The number of piperazine rings is 1. The highest BCUT2D eigenvalue weighted by molar-refractivity contribution is 7.13. The van der Waals surface area contributed by atoms with E-state index in [1.807, 2.05) is 11.6 Å². The zero-order valence-electron chi connectivity index (χ0n) is 10.2. The normalized spacial score (nSPS) is 21.3. The number of anilines is 1. The van der Waals surface area contributed by atoms with E-state index in [0.29, 0.717) is 6.04 Å². The average molecular weight is 266 g/mol. The van der Waals surface area contributed by atoms with Crippen LogP contribution in [0, 0.1) is 0 Å². The van der Waals surface area contributed by atoms with E-state index in [0.717, 1.165) is 37.3 Å². The van der Waals surface area contributed by atoms with Crippen LogP contribution in [0.15, 0.2) is 16.6 Å². The molecule has 1 aliphatic heterocycles. The summed E-state index contributed by atoms with van der Waals surface area (Å²) in [5.41, 5.74) is 2.74. The number of guanidine groups is 1. The van der Waals surface area contributed by atoms with Gasteiger partial charge in [-0.2, -0.15) is 0 Å². The second kappa shape index (κ2) is 5.11. The van der Waals surface area contributed by atoms with Crippen LogP contribution in [-0.4, -0.2) is 48.1 Å². The van der Waals surface area contributed by atoms with E-state index in [9.17, 15) is 0 Å². The van der Waals surface area contributed by atoms with Gasteiger partial charge in [-0.1, -0.05) is 0 Å². The minimum absolute atomic E-state index is 0.494. The van der Waals surface area contributed by atoms with Crippen LogP contribution in [-0.2, 0) is 0 Å². The summed E-state index contributed by atoms with van der Waals surface area (Å²) in [7, 11) is 0. The molecule has 0 amide bonds. The predicted octanol–water partition coefficient (Wildman–Crippen LogP) is 0.247. The fourth-order valence-corrected chi connectivity index (χ4v) is 2.77. The first-order valence-electron chi connectivity index (χ1n) is 6.30. The van der Waals surface area contributed by atoms with Gasteiger partial charge in [-0.3, -0.25) is 5.43 Å². The third kappa shape index (κ3) is 2.56. The summed E-state index contributed by atoms with van der Waals surface area (Å²) in [4.78, 5) is 13.5. The number of hydrazine groups is 1. The lowest BCUT2D eigenvalue weighted by atomic mass is 10.3. The summed E-state index contributed by atoms with van der Waals surface area (Å²) >= 11 is 1.69. The average Bonchev–Trinajstić information content (AvgIpc) is 3.07. The summed E-state index contributed by atoms with van der Waals surface area (Å²) in [6.45, 7) is 3.82. The van der Waals surface area contributed by atoms with Crippen molar-refractivity contribution < 1.29 is 0 Å². The smallest absolute Gasteiger partial charge is 0.208 e. The number of thiazole rings is 1. The summed E-state index contributed by atoms with van der Waals surface area (Å²) in [5, 5.41) is 3.12. The van der Waals surface area contributed by atoms with E-state index < -0.39 is 0 Å². The molecule has 0 unspecified atom stereocenters. The summed E-state index contributed by atoms with van der Waals surface area (Å²) in [6, 6.07) is 0.494. The molecule has 6 nitrogen and oxygen atoms in total. The lowest BCUT2D eigenvalue weighted by Crippen LogP contribution is -2.54. The molecule has 7 heteroatoms. The van der Waals surface area contributed by atoms with Crippen molar-refractivity contribution in [2.24, 2.45) is 10.8 Å². The van der Waals surface area contributed by atoms with Gasteiger partial charge in [0.2, 0.25) is 5.96 Å². The standard InChI is InChI=1S/C11H18N6S/c12-15-10(14-9-1-2-9)16-4-6-17(7-5-16)11-13-3-8-18-11/h3,8-9H,1-2,4-7,12H2,(H,14,15). The summed E-state index contributed by atoms with van der Waals surface area (Å²) in [6.07, 6.45) is 4.25. The zero-order chi connectivity index (χ0) is 12.4. The highest BCUT2D eigenvalue weighted by Crippen LogP contribution is 2.24. The SMILES string of the molecule is NNC(=NC1CC1)N1CCN(c2nccs2)CC1. The summed E-state index contributed by atoms with van der Waals surface area (Å²) < 4.78 is 0. The van der Waals surface area contributed by atoms with Gasteiger partial charge in [0, 0.05) is 37.8 Å². The van der Waals surface area contributed by atoms with Crippen molar-refractivity contribution in [3.63, 3.8) is 0 Å². The molecule has 1 saturated carbocycles. The minimum atomic E-state index is 0.494. The number of aromatic nitrogens is 1. The Morgan fingerprint density at radius 3 is 2.72 bits per heavy atom. The maximum absolute atomic E-state index is 5.56. The molecule has 3 rings (SSSR count). The lowest BCUT2D eigenvalue weighted by Gasteiger charge is -2.35. The van der Waals surface area contributed by atoms with Gasteiger partial charge in [0.15, 0.2) is 5.13 Å². The van der Waals surface area contributed by atoms with Gasteiger partial charge in [-0.05, 0) is 12.8 Å². The van der Waals surface area contributed by atoms with E-state index in [-0.39, 0.29) is 0 Å². The highest BCUT2D eigenvalue weighted by Gasteiger charge is 2.25. The number of aliphatic imine (C=N–C) groups is 1. The quantitative estimate of drug-likeness (QED) is 0.347. The first-order chi connectivity index (χ1) is 8.86. The van der Waals surface area contributed by atoms with Crippen LogP contribution in [0.4, 0.5) is 5.13 Å². The highest BCUT2D eigenvalue weighted by atomic mass is 32.1. The second-order valence-corrected chi connectivity index (χ2v) is 5.49. The van der Waals surface area contributed by atoms with Gasteiger partial charge >= 0.3 is 0 Å². The van der Waals surface area contributed by atoms with Crippen molar-refractivity contribution in [1.29, 1.82) is 0 Å². The van der Waals surface area contributed by atoms with E-state index in [4.69, 9.17) is 5.84 Å². The third-order valence-corrected chi connectivity index (χ3v) is 4.08. The zero-order valence-corrected chi connectivity index (χ0v) is 11.1. The molecule has 1 saturated heterocycles. The fourth-order valence-electron chi connectivity index (χ4n) is 2.07. The van der Waals surface area contributed by atoms with Crippen molar-refractivity contribution >= 4 is 22.4 Å². The molecule has 0 aromatic carbocycles. The molecule has 2 aliphatic rings. The number of nitrogens with two attached hydrogens (primary N) is 1. The van der Waals surface area contributed by atoms with Crippen LogP contribution in [0.5, 0.6) is 0 Å². The Kier molecular flexibility index (Phi) is 3.33. The molecule has 0 spiro atoms. The van der Waals surface area contributed by atoms with Gasteiger partial charge < -0.3 is 9.80 Å². The first kappa shape index (κ1) is 11.7. The number of hydrogen-bond acceptors (Lipinski definition) is 5. The molecule has 0 radical (unpaired) electrons. The Bertz CT molecular complexity index is 405. The second-order valence-electron chi connectivity index (χ2n) is 4.62. The lowest BCUT2D eigenvalue weighted by molar-refractivity contribution is 0.372. The molecule has 0 bridgehead atoms. The molecule has 2 fully saturated rings. The van der Waals surface area contributed by atoms with Gasteiger partial charge in [0.25, 0.3) is 0 Å². The number of rotatable bonds is 2. The molecule has 3 N–H and O–H groups in total. The van der Waals surface area contributed by atoms with Crippen molar-refractivity contribution in [2.45, 2.75) is 18.9 Å².